The van der Waals surface area contributed by atoms with Crippen LogP contribution in [0.4, 0.5) is 5.13 Å². The van der Waals surface area contributed by atoms with Crippen LogP contribution in [0.3, 0.4) is 0 Å². The van der Waals surface area contributed by atoms with E-state index < -0.39 is 0 Å². The van der Waals surface area contributed by atoms with Crippen LogP contribution in [0.5, 0.6) is 0 Å². The van der Waals surface area contributed by atoms with Crippen molar-refractivity contribution in [2.24, 2.45) is 0 Å². The summed E-state index contributed by atoms with van der Waals surface area (Å²) in [7, 11) is 0. The molecule has 0 atom stereocenters. The summed E-state index contributed by atoms with van der Waals surface area (Å²) in [4.78, 5) is 18.0. The van der Waals surface area contributed by atoms with Crippen molar-refractivity contribution >= 4 is 22.4 Å². The molecule has 1 amide bonds. The molecule has 0 unspecified atom stereocenters. The van der Waals surface area contributed by atoms with Gasteiger partial charge in [0.2, 0.25) is 5.91 Å². The molecule has 2 aromatic carbocycles. The Bertz CT molecular complexity index is 906. The molecular formula is C23H26N2OS. The summed E-state index contributed by atoms with van der Waals surface area (Å²) in [5, 5.41) is 3.61. The average Bonchev–Trinajstić information content (AvgIpc) is 3.00. The van der Waals surface area contributed by atoms with Crippen molar-refractivity contribution < 1.29 is 4.79 Å². The van der Waals surface area contributed by atoms with Crippen LogP contribution in [0.2, 0.25) is 0 Å². The van der Waals surface area contributed by atoms with Gasteiger partial charge in [-0.05, 0) is 29.9 Å². The van der Waals surface area contributed by atoms with E-state index in [0.717, 1.165) is 22.6 Å². The lowest BCUT2D eigenvalue weighted by Gasteiger charge is -2.19. The van der Waals surface area contributed by atoms with Crippen LogP contribution in [0.1, 0.15) is 43.2 Å². The van der Waals surface area contributed by atoms with Crippen molar-refractivity contribution in [3.8, 4) is 11.3 Å². The van der Waals surface area contributed by atoms with E-state index in [1.165, 1.54) is 22.5 Å². The summed E-state index contributed by atoms with van der Waals surface area (Å²) in [6.45, 7) is 8.64. The first-order valence-electron chi connectivity index (χ1n) is 9.25. The Morgan fingerprint density at radius 3 is 2.33 bits per heavy atom. The highest BCUT2D eigenvalue weighted by Gasteiger charge is 2.14. The Morgan fingerprint density at radius 1 is 1.04 bits per heavy atom. The summed E-state index contributed by atoms with van der Waals surface area (Å²) in [6.07, 6.45) is 1.18. The number of nitrogens with zero attached hydrogens (tertiary/aromatic N) is 1. The number of carbonyl (C=O) groups excluding carboxylic acids is 1. The van der Waals surface area contributed by atoms with Crippen molar-refractivity contribution in [1.29, 1.82) is 0 Å². The number of benzene rings is 2. The molecule has 0 fully saturated rings. The van der Waals surface area contributed by atoms with Gasteiger partial charge in [-0.1, -0.05) is 75.4 Å². The Kier molecular flexibility index (Phi) is 5.76. The van der Waals surface area contributed by atoms with E-state index in [1.54, 1.807) is 0 Å². The molecule has 1 N–H and O–H groups in total. The third-order valence-corrected chi connectivity index (χ3v) is 5.44. The second-order valence-corrected chi connectivity index (χ2v) is 8.99. The number of hydrogen-bond acceptors (Lipinski definition) is 3. The molecule has 0 bridgehead atoms. The second-order valence-electron chi connectivity index (χ2n) is 7.78. The third-order valence-electron chi connectivity index (χ3n) is 4.55. The van der Waals surface area contributed by atoms with Crippen LogP contribution < -0.4 is 5.32 Å². The maximum absolute atomic E-state index is 12.3. The number of thiazole rings is 1. The number of hydrogen-bond donors (Lipinski definition) is 1. The van der Waals surface area contributed by atoms with E-state index in [1.807, 2.05) is 37.3 Å². The van der Waals surface area contributed by atoms with Gasteiger partial charge in [-0.3, -0.25) is 4.79 Å². The van der Waals surface area contributed by atoms with E-state index in [2.05, 4.69) is 55.3 Å². The van der Waals surface area contributed by atoms with Gasteiger partial charge in [0.1, 0.15) is 0 Å². The summed E-state index contributed by atoms with van der Waals surface area (Å²) < 4.78 is 0. The summed E-state index contributed by atoms with van der Waals surface area (Å²) >= 11 is 1.52. The molecule has 27 heavy (non-hydrogen) atoms. The van der Waals surface area contributed by atoms with E-state index in [9.17, 15) is 4.79 Å². The molecule has 0 spiro atoms. The zero-order valence-corrected chi connectivity index (χ0v) is 17.2. The monoisotopic (exact) mass is 378 g/mol. The third kappa shape index (κ3) is 5.04. The van der Waals surface area contributed by atoms with Crippen molar-refractivity contribution in [2.45, 2.75) is 46.0 Å². The molecule has 3 rings (SSSR count). The first-order chi connectivity index (χ1) is 12.8. The number of rotatable bonds is 5. The predicted molar refractivity (Wildman–Crippen MR) is 114 cm³/mol. The van der Waals surface area contributed by atoms with Gasteiger partial charge in [-0.15, -0.1) is 11.3 Å². The van der Waals surface area contributed by atoms with Gasteiger partial charge in [0.05, 0.1) is 5.69 Å². The van der Waals surface area contributed by atoms with Crippen LogP contribution >= 0.6 is 11.3 Å². The quantitative estimate of drug-likeness (QED) is 0.593. The predicted octanol–water partition coefficient (Wildman–Crippen LogP) is 5.99. The highest BCUT2D eigenvalue weighted by atomic mass is 32.1. The molecule has 1 aromatic heterocycles. The van der Waals surface area contributed by atoms with E-state index in [0.29, 0.717) is 11.6 Å². The zero-order valence-electron chi connectivity index (χ0n) is 16.4. The minimum atomic E-state index is 0.00302. The lowest BCUT2D eigenvalue weighted by Crippen LogP contribution is -2.13. The van der Waals surface area contributed by atoms with Crippen molar-refractivity contribution in [3.05, 3.63) is 70.6 Å². The molecule has 0 saturated heterocycles. The van der Waals surface area contributed by atoms with Crippen LogP contribution in [0.25, 0.3) is 11.3 Å². The number of aromatic nitrogens is 1. The minimum Gasteiger partial charge on any atom is -0.302 e. The SMILES string of the molecule is Cc1sc(NC(=O)CCc2ccc(C(C)(C)C)cc2)nc1-c1ccccc1. The minimum absolute atomic E-state index is 0.00302. The Balaban J connectivity index is 1.58. The smallest absolute Gasteiger partial charge is 0.226 e. The van der Waals surface area contributed by atoms with E-state index in [-0.39, 0.29) is 11.3 Å². The zero-order chi connectivity index (χ0) is 19.4. The number of nitrogens with one attached hydrogen (secondary N) is 1. The molecule has 4 heteroatoms. The maximum atomic E-state index is 12.3. The number of amides is 1. The van der Waals surface area contributed by atoms with Gasteiger partial charge >= 0.3 is 0 Å². The first kappa shape index (κ1) is 19.3. The normalized spacial score (nSPS) is 11.4. The van der Waals surface area contributed by atoms with Gasteiger partial charge in [0, 0.05) is 16.9 Å². The largest absolute Gasteiger partial charge is 0.302 e. The number of carbonyl (C=O) groups is 1. The van der Waals surface area contributed by atoms with Crippen molar-refractivity contribution in [3.63, 3.8) is 0 Å². The molecule has 0 aliphatic carbocycles. The van der Waals surface area contributed by atoms with Gasteiger partial charge < -0.3 is 5.32 Å². The lowest BCUT2D eigenvalue weighted by atomic mass is 9.86. The number of aryl methyl sites for hydroxylation is 2. The van der Waals surface area contributed by atoms with E-state index in [4.69, 9.17) is 0 Å². The topological polar surface area (TPSA) is 42.0 Å². The molecule has 0 aliphatic rings. The van der Waals surface area contributed by atoms with Crippen molar-refractivity contribution in [1.82, 2.24) is 4.98 Å². The van der Waals surface area contributed by atoms with Crippen LogP contribution in [-0.2, 0) is 16.6 Å². The Hall–Kier alpha value is -2.46. The fourth-order valence-electron chi connectivity index (χ4n) is 2.92. The molecule has 140 valence electrons. The standard InChI is InChI=1S/C23H26N2OS/c1-16-21(18-8-6-5-7-9-18)25-22(27-16)24-20(26)15-12-17-10-13-19(14-11-17)23(2,3)4/h5-11,13-14H,12,15H2,1-4H3,(H,24,25,26). The molecule has 3 aromatic rings. The van der Waals surface area contributed by atoms with Gasteiger partial charge in [0.15, 0.2) is 5.13 Å². The number of anilines is 1. The molecule has 1 heterocycles. The van der Waals surface area contributed by atoms with Gasteiger partial charge in [0.25, 0.3) is 0 Å². The summed E-state index contributed by atoms with van der Waals surface area (Å²) in [5.41, 5.74) is 4.65. The summed E-state index contributed by atoms with van der Waals surface area (Å²) in [5.74, 6) is 0.00302. The Morgan fingerprint density at radius 2 is 1.70 bits per heavy atom. The molecule has 0 saturated carbocycles. The van der Waals surface area contributed by atoms with Crippen molar-refractivity contribution in [2.75, 3.05) is 5.32 Å². The van der Waals surface area contributed by atoms with Gasteiger partial charge in [-0.25, -0.2) is 4.98 Å². The molecule has 3 nitrogen and oxygen atoms in total. The van der Waals surface area contributed by atoms with E-state index >= 15 is 0 Å². The Labute approximate surface area is 165 Å². The van der Waals surface area contributed by atoms with Crippen LogP contribution in [-0.4, -0.2) is 10.9 Å². The molecule has 0 aliphatic heterocycles. The van der Waals surface area contributed by atoms with Crippen LogP contribution in [0.15, 0.2) is 54.6 Å². The first-order valence-corrected chi connectivity index (χ1v) is 10.1. The highest BCUT2D eigenvalue weighted by Crippen LogP contribution is 2.30. The highest BCUT2D eigenvalue weighted by molar-refractivity contribution is 7.16. The molecule has 0 radical (unpaired) electrons. The fourth-order valence-corrected chi connectivity index (χ4v) is 3.78. The fraction of sp³-hybridized carbons (Fsp3) is 0.304. The average molecular weight is 379 g/mol. The van der Waals surface area contributed by atoms with Crippen LogP contribution in [0, 0.1) is 6.92 Å². The van der Waals surface area contributed by atoms with Gasteiger partial charge in [-0.2, -0.15) is 0 Å². The summed E-state index contributed by atoms with van der Waals surface area (Å²) in [6, 6.07) is 18.6. The lowest BCUT2D eigenvalue weighted by molar-refractivity contribution is -0.116. The maximum Gasteiger partial charge on any atom is 0.226 e. The second kappa shape index (κ2) is 8.05. The molecular weight excluding hydrogens is 352 g/mol.